The molecule has 1 saturated carbocycles. The smallest absolute Gasteiger partial charge is 0.258 e. The van der Waals surface area contributed by atoms with Gasteiger partial charge in [-0.05, 0) is 66.3 Å². The summed E-state index contributed by atoms with van der Waals surface area (Å²) in [5.41, 5.74) is 5.77. The number of methoxy groups -OCH3 is 1. The number of aromatic hydroxyl groups is 1. The first-order chi connectivity index (χ1) is 17.6. The highest BCUT2D eigenvalue weighted by molar-refractivity contribution is 5.66. The average Bonchev–Trinajstić information content (AvgIpc) is 3.55. The zero-order valence-corrected chi connectivity index (χ0v) is 20.4. The van der Waals surface area contributed by atoms with Crippen LogP contribution in [0.25, 0.3) is 16.8 Å². The zero-order chi connectivity index (χ0) is 24.6. The van der Waals surface area contributed by atoms with E-state index in [2.05, 4.69) is 16.1 Å². The molecule has 2 aromatic carbocycles. The van der Waals surface area contributed by atoms with Crippen molar-refractivity contribution in [2.75, 3.05) is 13.7 Å². The van der Waals surface area contributed by atoms with Gasteiger partial charge in [0, 0.05) is 61.8 Å². The summed E-state index contributed by atoms with van der Waals surface area (Å²) in [6.45, 7) is 2.91. The summed E-state index contributed by atoms with van der Waals surface area (Å²) in [5.74, 6) is 1.53. The highest BCUT2D eigenvalue weighted by Gasteiger charge is 2.28. The van der Waals surface area contributed by atoms with Gasteiger partial charge in [0.1, 0.15) is 11.5 Å². The quantitative estimate of drug-likeness (QED) is 0.423. The molecule has 2 aromatic heterocycles. The van der Waals surface area contributed by atoms with Crippen molar-refractivity contribution >= 4 is 0 Å². The predicted molar refractivity (Wildman–Crippen MR) is 138 cm³/mol. The summed E-state index contributed by atoms with van der Waals surface area (Å²) in [4.78, 5) is 16.1. The Morgan fingerprint density at radius 2 is 1.97 bits per heavy atom. The van der Waals surface area contributed by atoms with Gasteiger partial charge in [-0.2, -0.15) is 5.10 Å². The Hall–Kier alpha value is -3.84. The van der Waals surface area contributed by atoms with Gasteiger partial charge in [-0.1, -0.05) is 18.2 Å². The molecule has 0 saturated heterocycles. The Morgan fingerprint density at radius 3 is 2.75 bits per heavy atom. The van der Waals surface area contributed by atoms with Gasteiger partial charge in [0.15, 0.2) is 0 Å². The van der Waals surface area contributed by atoms with Gasteiger partial charge < -0.3 is 14.4 Å². The van der Waals surface area contributed by atoms with Crippen molar-refractivity contribution in [3.8, 4) is 28.3 Å². The molecule has 1 N–H and O–H groups in total. The van der Waals surface area contributed by atoms with Crippen LogP contribution in [0.15, 0.2) is 71.8 Å². The van der Waals surface area contributed by atoms with Crippen molar-refractivity contribution < 1.29 is 9.84 Å². The van der Waals surface area contributed by atoms with E-state index in [-0.39, 0.29) is 11.3 Å². The number of fused-ring (bicyclic) bond motifs is 1. The molecular formula is C29H30N4O3. The van der Waals surface area contributed by atoms with Crippen LogP contribution in [0.5, 0.6) is 11.5 Å². The first kappa shape index (κ1) is 22.6. The molecule has 4 aromatic rings. The Bertz CT molecular complexity index is 1450. The van der Waals surface area contributed by atoms with E-state index in [1.165, 1.54) is 18.4 Å². The fourth-order valence-corrected chi connectivity index (χ4v) is 5.24. The lowest BCUT2D eigenvalue weighted by atomic mass is 9.98. The molecular weight excluding hydrogens is 452 g/mol. The predicted octanol–water partition coefficient (Wildman–Crippen LogP) is 4.38. The van der Waals surface area contributed by atoms with E-state index in [0.29, 0.717) is 24.8 Å². The highest BCUT2D eigenvalue weighted by atomic mass is 16.5. The summed E-state index contributed by atoms with van der Waals surface area (Å²) in [6, 6.07) is 17.4. The highest BCUT2D eigenvalue weighted by Crippen LogP contribution is 2.34. The second-order valence-electron chi connectivity index (χ2n) is 9.81. The normalized spacial score (nSPS) is 15.6. The minimum absolute atomic E-state index is 0.0917. The molecule has 7 heteroatoms. The third kappa shape index (κ3) is 4.31. The van der Waals surface area contributed by atoms with Crippen LogP contribution in [0.1, 0.15) is 29.7 Å². The van der Waals surface area contributed by atoms with Gasteiger partial charge in [0.25, 0.3) is 5.56 Å². The number of rotatable bonds is 7. The maximum absolute atomic E-state index is 13.8. The minimum atomic E-state index is 0.0917. The summed E-state index contributed by atoms with van der Waals surface area (Å²) in [6.07, 6.45) is 6.85. The Kier molecular flexibility index (Phi) is 5.85. The number of nitrogens with zero attached hydrogens (tertiary/aromatic N) is 4. The molecule has 7 nitrogen and oxygen atoms in total. The van der Waals surface area contributed by atoms with Crippen LogP contribution in [-0.2, 0) is 26.1 Å². The number of benzene rings is 2. The topological polar surface area (TPSA) is 72.5 Å². The third-order valence-corrected chi connectivity index (χ3v) is 7.32. The van der Waals surface area contributed by atoms with Crippen molar-refractivity contribution in [2.45, 2.75) is 38.9 Å². The van der Waals surface area contributed by atoms with E-state index in [1.807, 2.05) is 51.8 Å². The van der Waals surface area contributed by atoms with Crippen LogP contribution in [0.4, 0.5) is 0 Å². The number of ether oxygens (including phenoxy) is 1. The lowest BCUT2D eigenvalue weighted by Gasteiger charge is -2.31. The van der Waals surface area contributed by atoms with Crippen LogP contribution in [0.3, 0.4) is 0 Å². The molecule has 0 spiro atoms. The van der Waals surface area contributed by atoms with E-state index in [0.717, 1.165) is 47.6 Å². The molecule has 6 rings (SSSR count). The van der Waals surface area contributed by atoms with Crippen molar-refractivity contribution in [2.24, 2.45) is 5.92 Å². The average molecular weight is 483 g/mol. The van der Waals surface area contributed by atoms with E-state index >= 15 is 0 Å². The van der Waals surface area contributed by atoms with Crippen molar-refractivity contribution in [1.82, 2.24) is 19.2 Å². The van der Waals surface area contributed by atoms with E-state index < -0.39 is 0 Å². The summed E-state index contributed by atoms with van der Waals surface area (Å²) in [7, 11) is 1.63. The van der Waals surface area contributed by atoms with Crippen molar-refractivity contribution in [3.63, 3.8) is 0 Å². The Morgan fingerprint density at radius 1 is 1.11 bits per heavy atom. The fourth-order valence-electron chi connectivity index (χ4n) is 5.24. The van der Waals surface area contributed by atoms with Gasteiger partial charge >= 0.3 is 0 Å². The SMILES string of the molecule is COc1cccc(O)c1CN1CCc2c(cc(-c3cccc(-n4cccn4)c3)c(=O)n2CC2CC2)C1. The van der Waals surface area contributed by atoms with E-state index in [1.54, 1.807) is 25.4 Å². The van der Waals surface area contributed by atoms with E-state index in [4.69, 9.17) is 4.74 Å². The molecule has 3 heterocycles. The van der Waals surface area contributed by atoms with Gasteiger partial charge in [-0.25, -0.2) is 4.68 Å². The number of phenols is 1. The maximum Gasteiger partial charge on any atom is 0.258 e. The van der Waals surface area contributed by atoms with Gasteiger partial charge in [-0.15, -0.1) is 0 Å². The summed E-state index contributed by atoms with van der Waals surface area (Å²) >= 11 is 0. The second kappa shape index (κ2) is 9.32. The minimum Gasteiger partial charge on any atom is -0.507 e. The van der Waals surface area contributed by atoms with Gasteiger partial charge in [-0.3, -0.25) is 9.69 Å². The number of aromatic nitrogens is 3. The number of hydrogen-bond donors (Lipinski definition) is 1. The van der Waals surface area contributed by atoms with Crippen LogP contribution < -0.4 is 10.3 Å². The molecule has 1 aliphatic heterocycles. The number of phenolic OH excluding ortho intramolecular Hbond substituents is 1. The first-order valence-corrected chi connectivity index (χ1v) is 12.5. The first-order valence-electron chi connectivity index (χ1n) is 12.5. The van der Waals surface area contributed by atoms with E-state index in [9.17, 15) is 9.90 Å². The Labute approximate surface area is 210 Å². The molecule has 0 bridgehead atoms. The summed E-state index contributed by atoms with van der Waals surface area (Å²) in [5, 5.41) is 14.8. The second-order valence-corrected chi connectivity index (χ2v) is 9.81. The van der Waals surface area contributed by atoms with Gasteiger partial charge in [0.05, 0.1) is 12.8 Å². The molecule has 184 valence electrons. The molecule has 0 atom stereocenters. The molecule has 1 aliphatic carbocycles. The van der Waals surface area contributed by atoms with Crippen LogP contribution in [-0.4, -0.2) is 38.0 Å². The van der Waals surface area contributed by atoms with Crippen molar-refractivity contribution in [3.05, 3.63) is 94.2 Å². The van der Waals surface area contributed by atoms with Crippen molar-refractivity contribution in [1.29, 1.82) is 0 Å². The number of hydrogen-bond acceptors (Lipinski definition) is 5. The summed E-state index contributed by atoms with van der Waals surface area (Å²) < 4.78 is 9.36. The van der Waals surface area contributed by atoms with Crippen LogP contribution >= 0.6 is 0 Å². The number of pyridine rings is 1. The molecule has 0 amide bonds. The van der Waals surface area contributed by atoms with Gasteiger partial charge in [0.2, 0.25) is 0 Å². The monoisotopic (exact) mass is 482 g/mol. The molecule has 2 aliphatic rings. The standard InChI is InChI=1S/C29H30N4O3/c1-36-28-8-3-7-27(34)25(28)19-31-14-11-26-22(18-31)16-24(29(35)32(26)17-20-9-10-20)21-5-2-6-23(15-21)33-13-4-12-30-33/h2-8,12-13,15-16,20,34H,9-11,14,17-19H2,1H3. The Balaban J connectivity index is 1.38. The van der Waals surface area contributed by atoms with Crippen LogP contribution in [0.2, 0.25) is 0 Å². The lowest BCUT2D eigenvalue weighted by Crippen LogP contribution is -2.36. The molecule has 0 unspecified atom stereocenters. The largest absolute Gasteiger partial charge is 0.507 e. The fraction of sp³-hybridized carbons (Fsp3) is 0.310. The van der Waals surface area contributed by atoms with Crippen LogP contribution in [0, 0.1) is 5.92 Å². The zero-order valence-electron chi connectivity index (χ0n) is 20.4. The molecule has 36 heavy (non-hydrogen) atoms. The third-order valence-electron chi connectivity index (χ3n) is 7.32. The molecule has 1 fully saturated rings. The lowest BCUT2D eigenvalue weighted by molar-refractivity contribution is 0.232. The maximum atomic E-state index is 13.8. The molecule has 0 radical (unpaired) electrons.